The molecule has 16 nitrogen and oxygen atoms in total. The second-order valence-corrected chi connectivity index (χ2v) is 15.2. The van der Waals surface area contributed by atoms with Gasteiger partial charge in [0.2, 0.25) is 0 Å². The number of aromatic nitrogens is 6. The van der Waals surface area contributed by atoms with Crippen LogP contribution in [-0.2, 0) is 34.9 Å². The average Bonchev–Trinajstić information content (AvgIpc) is 3.72. The lowest BCUT2D eigenvalue weighted by atomic mass is 10.1. The number of ether oxygens (including phenoxy) is 2. The number of nitrogens with one attached hydrogen (secondary N) is 1. The number of aliphatic hydroxyl groups excluding tert-OH is 1. The number of aromatic amines is 1. The summed E-state index contributed by atoms with van der Waals surface area (Å²) in [6.45, 7) is -5.63. The van der Waals surface area contributed by atoms with Gasteiger partial charge in [-0.3, -0.25) is 4.79 Å². The highest BCUT2D eigenvalue weighted by atomic mass is 32.7. The Balaban J connectivity index is 1.29. The minimum atomic E-state index is -4.24. The molecule has 44 heavy (non-hydrogen) atoms. The van der Waals surface area contributed by atoms with Crippen molar-refractivity contribution in [1.29, 1.82) is 0 Å². The second-order valence-electron chi connectivity index (χ2n) is 10.0. The molecule has 0 spiro atoms. The Morgan fingerprint density at radius 1 is 1.18 bits per heavy atom. The van der Waals surface area contributed by atoms with Crippen LogP contribution in [-0.4, -0.2) is 88.6 Å². The van der Waals surface area contributed by atoms with Crippen molar-refractivity contribution in [3.63, 3.8) is 0 Å². The molecule has 2 unspecified atom stereocenters. The first-order valence-corrected chi connectivity index (χ1v) is 17.9. The van der Waals surface area contributed by atoms with Gasteiger partial charge < -0.3 is 49.6 Å². The molecule has 6 heterocycles. The second kappa shape index (κ2) is 11.9. The number of H-pyrrole nitrogens is 1. The smallest absolute Gasteiger partial charge is 0.394 e. The van der Waals surface area contributed by atoms with Gasteiger partial charge in [-0.2, -0.15) is 0 Å². The molecule has 10 atom stereocenters. The van der Waals surface area contributed by atoms with Gasteiger partial charge in [0.1, 0.15) is 59.9 Å². The Morgan fingerprint density at radius 2 is 1.93 bits per heavy atom. The first-order valence-electron chi connectivity index (χ1n) is 12.8. The van der Waals surface area contributed by atoms with Crippen molar-refractivity contribution in [2.24, 2.45) is 0 Å². The van der Waals surface area contributed by atoms with E-state index in [2.05, 4.69) is 32.2 Å². The molecule has 236 valence electrons. The fourth-order valence-electron chi connectivity index (χ4n) is 5.44. The van der Waals surface area contributed by atoms with Crippen molar-refractivity contribution in [1.82, 2.24) is 29.1 Å². The van der Waals surface area contributed by atoms with Crippen LogP contribution in [0.4, 0.5) is 20.4 Å². The van der Waals surface area contributed by atoms with Gasteiger partial charge >= 0.3 is 7.23 Å². The van der Waals surface area contributed by atoms with Crippen molar-refractivity contribution >= 4 is 71.5 Å². The zero-order valence-electron chi connectivity index (χ0n) is 22.2. The van der Waals surface area contributed by atoms with Crippen LogP contribution < -0.4 is 17.0 Å². The van der Waals surface area contributed by atoms with Gasteiger partial charge in [-0.15, -0.1) is 4.52 Å². The van der Waals surface area contributed by atoms with E-state index in [0.717, 1.165) is 0 Å². The highest BCUT2D eigenvalue weighted by molar-refractivity contribution is 8.39. The summed E-state index contributed by atoms with van der Waals surface area (Å²) in [6, 6.07) is 2.93. The van der Waals surface area contributed by atoms with Gasteiger partial charge in [0.25, 0.3) is 5.56 Å². The molecular weight excluding hydrogens is 668 g/mol. The molecule has 2 aliphatic heterocycles. The van der Waals surface area contributed by atoms with Gasteiger partial charge in [0.05, 0.1) is 30.4 Å². The predicted octanol–water partition coefficient (Wildman–Crippen LogP) is 1.46. The summed E-state index contributed by atoms with van der Waals surface area (Å²) in [5.74, 6) is 0.142. The molecule has 22 heteroatoms. The van der Waals surface area contributed by atoms with Crippen molar-refractivity contribution in [2.45, 2.75) is 48.8 Å². The summed E-state index contributed by atoms with van der Waals surface area (Å²) in [7, 11) is -2.62. The first-order chi connectivity index (χ1) is 20.9. The summed E-state index contributed by atoms with van der Waals surface area (Å²) in [6.07, 6.45) is -7.10. The number of hydrogen-bond acceptors (Lipinski definition) is 13. The Hall–Kier alpha value is -2.64. The molecule has 0 saturated carbocycles. The number of nitrogen functional groups attached to an aromatic ring is 2. The Labute approximate surface area is 256 Å². The molecule has 2 aliphatic rings. The number of imidazole rings is 1. The van der Waals surface area contributed by atoms with Gasteiger partial charge in [0, 0.05) is 12.3 Å². The standard InChI is InChI=1S/C22H24F2N8O8P2S2/c23-13-10(4-33)38-22(32-7-29-15-9(32)3-12(25)30-20(15)34)17(13)42(36,44)37-5-11-16(40-41(35)43)14(24)21(39-11)31-2-1-8-18(26)27-6-28-19(8)31/h1-3,6-7,10-11,13-14,16-17,21-22,33H,4-5H2,(H6-,25,26,27,28,30,34,35,36,43,44)/p+1/t10-,11-,13-,14+,16-,17-,21-,22-,42?/m1/s1. The number of hydrogen-bond donors (Lipinski definition) is 6. The SMILES string of the molecule is Nc1cc2c(ncn2[C@@H]2O[C@H](CO)[C@@H](F)[C@H]2P(O)(=S)OC[C@H]2O[C@@H](n3ccc4c(N)ncnc43)[C@@H](F)[C@@H]2O[P+](=O)S)c(=O)[nH]1. The number of thiol groups is 1. The minimum absolute atomic E-state index is 0.0131. The van der Waals surface area contributed by atoms with E-state index in [1.165, 1.54) is 34.1 Å². The maximum atomic E-state index is 15.8. The van der Waals surface area contributed by atoms with Crippen LogP contribution in [0.1, 0.15) is 12.5 Å². The van der Waals surface area contributed by atoms with Crippen LogP contribution in [0.3, 0.4) is 0 Å². The monoisotopic (exact) mass is 693 g/mol. The Bertz CT molecular complexity index is 1850. The van der Waals surface area contributed by atoms with E-state index in [1.54, 1.807) is 6.07 Å². The number of nitrogens with two attached hydrogens (primary N) is 2. The van der Waals surface area contributed by atoms with Crippen LogP contribution in [0.25, 0.3) is 22.1 Å². The molecule has 0 aromatic carbocycles. The molecule has 0 amide bonds. The third-order valence-corrected chi connectivity index (χ3v) is 11.0. The van der Waals surface area contributed by atoms with Gasteiger partial charge in [-0.05, 0) is 22.4 Å². The highest BCUT2D eigenvalue weighted by Crippen LogP contribution is 2.59. The summed E-state index contributed by atoms with van der Waals surface area (Å²) >= 11 is 9.14. The molecule has 6 rings (SSSR count). The van der Waals surface area contributed by atoms with Crippen LogP contribution in [0, 0.1) is 0 Å². The molecule has 0 bridgehead atoms. The van der Waals surface area contributed by atoms with Crippen LogP contribution in [0.2, 0.25) is 0 Å². The normalized spacial score (nSPS) is 30.7. The number of nitrogens with zero attached hydrogens (tertiary/aromatic N) is 5. The lowest BCUT2D eigenvalue weighted by Crippen LogP contribution is -2.34. The third-order valence-electron chi connectivity index (χ3n) is 7.43. The summed E-state index contributed by atoms with van der Waals surface area (Å²) in [4.78, 5) is 38.2. The number of halogens is 2. The number of fused-ring (bicyclic) bond motifs is 2. The maximum Gasteiger partial charge on any atom is 0.582 e. The van der Waals surface area contributed by atoms with E-state index in [9.17, 15) is 19.4 Å². The van der Waals surface area contributed by atoms with E-state index < -0.39 is 81.3 Å². The van der Waals surface area contributed by atoms with Gasteiger partial charge in [0.15, 0.2) is 36.7 Å². The lowest BCUT2D eigenvalue weighted by molar-refractivity contribution is -0.0396. The fraction of sp³-hybridized carbons (Fsp3) is 0.455. The highest BCUT2D eigenvalue weighted by Gasteiger charge is 2.55. The van der Waals surface area contributed by atoms with Gasteiger partial charge in [-0.1, -0.05) is 0 Å². The van der Waals surface area contributed by atoms with Crippen LogP contribution >= 0.6 is 26.0 Å². The number of pyridine rings is 1. The van der Waals surface area contributed by atoms with Gasteiger partial charge in [-0.25, -0.2) is 23.7 Å². The Kier molecular flexibility index (Phi) is 8.51. The van der Waals surface area contributed by atoms with E-state index >= 15 is 8.78 Å². The summed E-state index contributed by atoms with van der Waals surface area (Å²) < 4.78 is 68.5. The van der Waals surface area contributed by atoms with Crippen molar-refractivity contribution < 1.29 is 41.9 Å². The quantitative estimate of drug-likeness (QED) is 0.108. The molecule has 4 aromatic heterocycles. The van der Waals surface area contributed by atoms with Crippen molar-refractivity contribution in [3.05, 3.63) is 41.3 Å². The predicted molar refractivity (Wildman–Crippen MR) is 159 cm³/mol. The summed E-state index contributed by atoms with van der Waals surface area (Å²) in [5.41, 5.74) is 9.83. The molecule has 0 aliphatic carbocycles. The van der Waals surface area contributed by atoms with E-state index in [-0.39, 0.29) is 28.3 Å². The van der Waals surface area contributed by atoms with E-state index in [1.807, 2.05) is 0 Å². The topological polar surface area (TPSA) is 228 Å². The maximum absolute atomic E-state index is 15.8. The number of alkyl halides is 2. The van der Waals surface area contributed by atoms with E-state index in [4.69, 9.17) is 41.8 Å². The average molecular weight is 694 g/mol. The van der Waals surface area contributed by atoms with Crippen molar-refractivity contribution in [2.75, 3.05) is 24.7 Å². The zero-order chi connectivity index (χ0) is 31.5. The molecule has 2 saturated heterocycles. The Morgan fingerprint density at radius 3 is 2.66 bits per heavy atom. The van der Waals surface area contributed by atoms with E-state index in [0.29, 0.717) is 5.39 Å². The molecule has 2 fully saturated rings. The summed E-state index contributed by atoms with van der Waals surface area (Å²) in [5, 5.41) is 10.2. The largest absolute Gasteiger partial charge is 0.582 e. The number of anilines is 2. The number of rotatable bonds is 9. The zero-order valence-corrected chi connectivity index (χ0v) is 25.7. The molecular formula is C22H25F2N8O8P2S2+. The molecule has 4 aromatic rings. The number of aliphatic hydroxyl groups is 1. The first kappa shape index (κ1) is 31.3. The minimum Gasteiger partial charge on any atom is -0.394 e. The third kappa shape index (κ3) is 5.42. The van der Waals surface area contributed by atoms with Crippen LogP contribution in [0.5, 0.6) is 0 Å². The molecule has 0 radical (unpaired) electrons. The van der Waals surface area contributed by atoms with Crippen LogP contribution in [0.15, 0.2) is 35.8 Å². The molecule has 7 N–H and O–H groups in total. The van der Waals surface area contributed by atoms with Crippen molar-refractivity contribution in [3.8, 4) is 0 Å². The fourth-order valence-corrected chi connectivity index (χ4v) is 8.69. The lowest BCUT2D eigenvalue weighted by Gasteiger charge is -2.29.